The maximum Gasteiger partial charge on any atom is 0.263 e. The summed E-state index contributed by atoms with van der Waals surface area (Å²) in [5, 5.41) is 7.01. The van der Waals surface area contributed by atoms with Crippen LogP contribution in [0, 0.1) is 5.92 Å². The summed E-state index contributed by atoms with van der Waals surface area (Å²) in [6.07, 6.45) is 7.31. The van der Waals surface area contributed by atoms with Gasteiger partial charge in [-0.2, -0.15) is 0 Å². The van der Waals surface area contributed by atoms with Crippen molar-refractivity contribution in [2.75, 3.05) is 16.8 Å². The minimum Gasteiger partial charge on any atom is -0.476 e. The summed E-state index contributed by atoms with van der Waals surface area (Å²) in [6, 6.07) is 9.13. The fraction of sp³-hybridized carbons (Fsp3) is 0.519. The highest BCUT2D eigenvalue weighted by Gasteiger charge is 2.35. The molecule has 2 N–H and O–H groups in total. The summed E-state index contributed by atoms with van der Waals surface area (Å²) in [4.78, 5) is 32.1. The molecule has 2 heterocycles. The van der Waals surface area contributed by atoms with Crippen molar-refractivity contribution < 1.29 is 14.3 Å². The van der Waals surface area contributed by atoms with E-state index in [1.54, 1.807) is 38.2 Å². The molecule has 0 bridgehead atoms. The molecule has 0 spiro atoms. The molecule has 2 aliphatic rings. The van der Waals surface area contributed by atoms with Crippen molar-refractivity contribution in [3.63, 3.8) is 0 Å². The van der Waals surface area contributed by atoms with Crippen LogP contribution in [0.2, 0.25) is 10.0 Å². The zero-order chi connectivity index (χ0) is 25.9. The van der Waals surface area contributed by atoms with Gasteiger partial charge in [-0.05, 0) is 76.3 Å². The van der Waals surface area contributed by atoms with E-state index in [0.717, 1.165) is 56.6 Å². The minimum absolute atomic E-state index is 0.0333. The van der Waals surface area contributed by atoms with Gasteiger partial charge in [0.2, 0.25) is 5.91 Å². The number of amides is 2. The van der Waals surface area contributed by atoms with Crippen molar-refractivity contribution in [2.24, 2.45) is 5.92 Å². The van der Waals surface area contributed by atoms with E-state index in [1.165, 1.54) is 0 Å². The van der Waals surface area contributed by atoms with Crippen molar-refractivity contribution in [1.82, 2.24) is 10.3 Å². The third-order valence-electron chi connectivity index (χ3n) is 6.74. The van der Waals surface area contributed by atoms with Gasteiger partial charge in [0.25, 0.3) is 5.91 Å². The lowest BCUT2D eigenvalue weighted by Gasteiger charge is -2.41. The van der Waals surface area contributed by atoms with E-state index in [0.29, 0.717) is 15.8 Å². The third kappa shape index (κ3) is 6.62. The molecule has 0 radical (unpaired) electrons. The van der Waals surface area contributed by atoms with Crippen LogP contribution < -0.4 is 20.3 Å². The highest BCUT2D eigenvalue weighted by Crippen LogP contribution is 2.32. The van der Waals surface area contributed by atoms with Crippen LogP contribution in [0.25, 0.3) is 0 Å². The molecule has 2 fully saturated rings. The number of carbonyl (C=O) groups is 2. The molecule has 1 aliphatic heterocycles. The molecular weight excluding hydrogens is 499 g/mol. The summed E-state index contributed by atoms with van der Waals surface area (Å²) in [5.41, 5.74) is -0.371. The smallest absolute Gasteiger partial charge is 0.263 e. The van der Waals surface area contributed by atoms with Crippen molar-refractivity contribution in [1.29, 1.82) is 0 Å². The summed E-state index contributed by atoms with van der Waals surface area (Å²) in [6.45, 7) is 6.41. The Bertz CT molecular complexity index is 1090. The van der Waals surface area contributed by atoms with Crippen LogP contribution in [0.15, 0.2) is 36.5 Å². The van der Waals surface area contributed by atoms with E-state index in [1.807, 2.05) is 12.1 Å². The number of hydrogen-bond acceptors (Lipinski definition) is 5. The summed E-state index contributed by atoms with van der Waals surface area (Å²) >= 11 is 12.2. The van der Waals surface area contributed by atoms with Crippen LogP contribution in [-0.2, 0) is 9.59 Å². The Kier molecular flexibility index (Phi) is 8.30. The van der Waals surface area contributed by atoms with E-state index in [4.69, 9.17) is 27.9 Å². The number of halogens is 2. The Morgan fingerprint density at radius 1 is 1.17 bits per heavy atom. The lowest BCUT2D eigenvalue weighted by atomic mass is 9.93. The van der Waals surface area contributed by atoms with Crippen LogP contribution in [0.4, 0.5) is 11.5 Å². The van der Waals surface area contributed by atoms with Crippen LogP contribution in [0.5, 0.6) is 5.75 Å². The van der Waals surface area contributed by atoms with Gasteiger partial charge in [-0.25, -0.2) is 4.98 Å². The molecule has 2 aromatic rings. The largest absolute Gasteiger partial charge is 0.476 e. The average molecular weight is 534 g/mol. The molecule has 2 unspecified atom stereocenters. The van der Waals surface area contributed by atoms with Gasteiger partial charge in [-0.1, -0.05) is 36.5 Å². The van der Waals surface area contributed by atoms with Crippen LogP contribution in [0.1, 0.15) is 59.3 Å². The second-order valence-electron chi connectivity index (χ2n) is 10.2. The van der Waals surface area contributed by atoms with Crippen LogP contribution in [0.3, 0.4) is 0 Å². The number of hydrogen-bond donors (Lipinski definition) is 2. The van der Waals surface area contributed by atoms with Gasteiger partial charge in [0.15, 0.2) is 5.60 Å². The number of ether oxygens (including phenoxy) is 1. The standard InChI is InChI=1S/C27H34Cl2N4O3/c1-4-5-21-15-19(32-26(35)27(2,3)36-23-10-8-18(28)14-22(23)29)12-13-33(21)24-11-9-20(16-30-24)31-25(34)17-6-7-17/h8-11,14,16-17,19,21H,4-7,12-13,15H2,1-3H3,(H,31,34)(H,32,35). The lowest BCUT2D eigenvalue weighted by Crippen LogP contribution is -2.55. The van der Waals surface area contributed by atoms with Crippen molar-refractivity contribution >= 4 is 46.5 Å². The molecule has 4 rings (SSSR count). The Morgan fingerprint density at radius 3 is 2.58 bits per heavy atom. The first-order valence-corrected chi connectivity index (χ1v) is 13.4. The molecule has 1 aromatic carbocycles. The van der Waals surface area contributed by atoms with E-state index in [-0.39, 0.29) is 29.8 Å². The van der Waals surface area contributed by atoms with Crippen LogP contribution >= 0.6 is 23.2 Å². The number of aromatic nitrogens is 1. The lowest BCUT2D eigenvalue weighted by molar-refractivity contribution is -0.135. The van der Waals surface area contributed by atoms with Gasteiger partial charge in [0.05, 0.1) is 16.9 Å². The van der Waals surface area contributed by atoms with Crippen LogP contribution in [-0.4, -0.2) is 41.0 Å². The maximum atomic E-state index is 13.1. The van der Waals surface area contributed by atoms with Gasteiger partial charge in [0, 0.05) is 29.6 Å². The monoisotopic (exact) mass is 532 g/mol. The zero-order valence-corrected chi connectivity index (χ0v) is 22.5. The summed E-state index contributed by atoms with van der Waals surface area (Å²) in [7, 11) is 0. The second kappa shape index (κ2) is 11.3. The van der Waals surface area contributed by atoms with E-state index in [9.17, 15) is 9.59 Å². The average Bonchev–Trinajstić information content (AvgIpc) is 3.68. The van der Waals surface area contributed by atoms with Gasteiger partial charge < -0.3 is 20.3 Å². The number of nitrogens with one attached hydrogen (secondary N) is 2. The molecule has 9 heteroatoms. The predicted molar refractivity (Wildman–Crippen MR) is 144 cm³/mol. The molecule has 7 nitrogen and oxygen atoms in total. The SMILES string of the molecule is CCCC1CC(NC(=O)C(C)(C)Oc2ccc(Cl)cc2Cl)CCN1c1ccc(NC(=O)C2CC2)cn1. The zero-order valence-electron chi connectivity index (χ0n) is 21.0. The third-order valence-corrected chi connectivity index (χ3v) is 7.27. The number of rotatable bonds is 9. The molecule has 36 heavy (non-hydrogen) atoms. The number of nitrogens with zero attached hydrogens (tertiary/aromatic N) is 2. The summed E-state index contributed by atoms with van der Waals surface area (Å²) < 4.78 is 5.96. The fourth-order valence-corrected chi connectivity index (χ4v) is 5.00. The maximum absolute atomic E-state index is 13.1. The normalized spacial score (nSPS) is 20.1. The molecule has 2 amide bonds. The van der Waals surface area contributed by atoms with Gasteiger partial charge in [-0.3, -0.25) is 9.59 Å². The van der Waals surface area contributed by atoms with Crippen molar-refractivity contribution in [3.05, 3.63) is 46.6 Å². The van der Waals surface area contributed by atoms with E-state index >= 15 is 0 Å². The van der Waals surface area contributed by atoms with E-state index in [2.05, 4.69) is 27.4 Å². The molecule has 1 aromatic heterocycles. The Hall–Kier alpha value is -2.51. The number of benzene rings is 1. The quantitative estimate of drug-likeness (QED) is 0.423. The number of piperidine rings is 1. The first-order chi connectivity index (χ1) is 17.2. The predicted octanol–water partition coefficient (Wildman–Crippen LogP) is 5.85. The molecule has 1 saturated carbocycles. The Morgan fingerprint density at radius 2 is 1.94 bits per heavy atom. The molecule has 2 atom stereocenters. The topological polar surface area (TPSA) is 83.6 Å². The highest BCUT2D eigenvalue weighted by molar-refractivity contribution is 6.35. The number of carbonyl (C=O) groups excluding carboxylic acids is 2. The minimum atomic E-state index is -1.10. The number of pyridine rings is 1. The van der Waals surface area contributed by atoms with Crippen molar-refractivity contribution in [2.45, 2.75) is 77.0 Å². The molecule has 194 valence electrons. The molecule has 1 saturated heterocycles. The Labute approximate surface area is 222 Å². The summed E-state index contributed by atoms with van der Waals surface area (Å²) in [5.74, 6) is 1.36. The van der Waals surface area contributed by atoms with Gasteiger partial charge in [-0.15, -0.1) is 0 Å². The first-order valence-electron chi connectivity index (χ1n) is 12.6. The fourth-order valence-electron chi connectivity index (χ4n) is 4.55. The van der Waals surface area contributed by atoms with Gasteiger partial charge >= 0.3 is 0 Å². The number of anilines is 2. The second-order valence-corrected chi connectivity index (χ2v) is 11.0. The van der Waals surface area contributed by atoms with E-state index < -0.39 is 5.60 Å². The van der Waals surface area contributed by atoms with Crippen molar-refractivity contribution in [3.8, 4) is 5.75 Å². The Balaban J connectivity index is 1.36. The molecule has 1 aliphatic carbocycles. The van der Waals surface area contributed by atoms with Gasteiger partial charge in [0.1, 0.15) is 11.6 Å². The highest BCUT2D eigenvalue weighted by atomic mass is 35.5. The molecular formula is C27H34Cl2N4O3. The first kappa shape index (κ1) is 26.6.